The summed E-state index contributed by atoms with van der Waals surface area (Å²) < 4.78 is 11.6. The molecule has 2 amide bonds. The molecule has 1 aliphatic carbocycles. The van der Waals surface area contributed by atoms with Gasteiger partial charge in [0.1, 0.15) is 18.5 Å². The summed E-state index contributed by atoms with van der Waals surface area (Å²) in [4.78, 5) is 25.1. The van der Waals surface area contributed by atoms with Gasteiger partial charge in [-0.25, -0.2) is 9.59 Å². The standard InChI is InChI=1S/C24H26N2O4/c1-16-21(23(27)30-19-11-5-6-12-19)22(26-24(28)25-16)18-10-7-13-20(14-18)29-15-17-8-3-2-4-9-17/h2-4,7-10,13-14,19,22H,5-6,11-12,15H2,1H3,(H2,25,26,28)/t22-/m1/s1. The molecule has 1 saturated carbocycles. The van der Waals surface area contributed by atoms with E-state index in [0.717, 1.165) is 36.8 Å². The van der Waals surface area contributed by atoms with Crippen LogP contribution in [-0.2, 0) is 16.1 Å². The van der Waals surface area contributed by atoms with Crippen molar-refractivity contribution in [1.29, 1.82) is 0 Å². The minimum atomic E-state index is -0.590. The molecule has 1 atom stereocenters. The first-order chi connectivity index (χ1) is 14.6. The van der Waals surface area contributed by atoms with Crippen LogP contribution >= 0.6 is 0 Å². The van der Waals surface area contributed by atoms with E-state index < -0.39 is 6.04 Å². The zero-order valence-electron chi connectivity index (χ0n) is 17.0. The van der Waals surface area contributed by atoms with Crippen molar-refractivity contribution < 1.29 is 19.1 Å². The summed E-state index contributed by atoms with van der Waals surface area (Å²) in [5.41, 5.74) is 2.78. The number of benzene rings is 2. The highest BCUT2D eigenvalue weighted by atomic mass is 16.5. The molecule has 0 radical (unpaired) electrons. The van der Waals surface area contributed by atoms with Gasteiger partial charge in [-0.1, -0.05) is 42.5 Å². The molecule has 2 aliphatic rings. The highest BCUT2D eigenvalue weighted by Crippen LogP contribution is 2.31. The molecule has 0 aromatic heterocycles. The maximum Gasteiger partial charge on any atom is 0.338 e. The number of esters is 1. The van der Waals surface area contributed by atoms with E-state index in [1.165, 1.54) is 0 Å². The number of hydrogen-bond donors (Lipinski definition) is 2. The number of amides is 2. The molecule has 156 valence electrons. The van der Waals surface area contributed by atoms with Crippen LogP contribution in [-0.4, -0.2) is 18.1 Å². The lowest BCUT2D eigenvalue weighted by Crippen LogP contribution is -2.45. The summed E-state index contributed by atoms with van der Waals surface area (Å²) in [5.74, 6) is 0.290. The molecule has 0 spiro atoms. The van der Waals surface area contributed by atoms with Crippen molar-refractivity contribution >= 4 is 12.0 Å². The fourth-order valence-corrected chi connectivity index (χ4v) is 3.96. The van der Waals surface area contributed by atoms with Crippen LogP contribution in [0.5, 0.6) is 5.75 Å². The lowest BCUT2D eigenvalue weighted by molar-refractivity contribution is -0.144. The number of rotatable bonds is 6. The van der Waals surface area contributed by atoms with Crippen LogP contribution < -0.4 is 15.4 Å². The number of carbonyl (C=O) groups excluding carboxylic acids is 2. The first kappa shape index (κ1) is 20.0. The van der Waals surface area contributed by atoms with Gasteiger partial charge in [-0.15, -0.1) is 0 Å². The van der Waals surface area contributed by atoms with Gasteiger partial charge in [0.2, 0.25) is 0 Å². The summed E-state index contributed by atoms with van der Waals surface area (Å²) in [5, 5.41) is 5.55. The summed E-state index contributed by atoms with van der Waals surface area (Å²) in [6, 6.07) is 16.4. The van der Waals surface area contributed by atoms with Gasteiger partial charge in [0.25, 0.3) is 0 Å². The summed E-state index contributed by atoms with van der Waals surface area (Å²) in [7, 11) is 0. The Morgan fingerprint density at radius 2 is 1.83 bits per heavy atom. The predicted molar refractivity (Wildman–Crippen MR) is 113 cm³/mol. The average Bonchev–Trinajstić information content (AvgIpc) is 3.25. The Bertz CT molecular complexity index is 949. The number of allylic oxidation sites excluding steroid dienone is 1. The monoisotopic (exact) mass is 406 g/mol. The van der Waals surface area contributed by atoms with Gasteiger partial charge in [-0.3, -0.25) is 0 Å². The first-order valence-corrected chi connectivity index (χ1v) is 10.4. The lowest BCUT2D eigenvalue weighted by atomic mass is 9.95. The average molecular weight is 406 g/mol. The van der Waals surface area contributed by atoms with E-state index in [4.69, 9.17) is 9.47 Å². The maximum absolute atomic E-state index is 12.9. The van der Waals surface area contributed by atoms with Gasteiger partial charge < -0.3 is 20.1 Å². The van der Waals surface area contributed by atoms with Crippen LogP contribution in [0.2, 0.25) is 0 Å². The molecule has 0 bridgehead atoms. The van der Waals surface area contributed by atoms with E-state index in [2.05, 4.69) is 10.6 Å². The van der Waals surface area contributed by atoms with Gasteiger partial charge in [0.05, 0.1) is 11.6 Å². The molecular formula is C24H26N2O4. The second-order valence-corrected chi connectivity index (χ2v) is 7.73. The Morgan fingerprint density at radius 1 is 1.07 bits per heavy atom. The largest absolute Gasteiger partial charge is 0.489 e. The molecule has 6 nitrogen and oxygen atoms in total. The van der Waals surface area contributed by atoms with Crippen molar-refractivity contribution in [3.8, 4) is 5.75 Å². The molecule has 6 heteroatoms. The zero-order chi connectivity index (χ0) is 20.9. The first-order valence-electron chi connectivity index (χ1n) is 10.4. The molecular weight excluding hydrogens is 380 g/mol. The van der Waals surface area contributed by atoms with Crippen LogP contribution in [0.3, 0.4) is 0 Å². The Balaban J connectivity index is 1.54. The Hall–Kier alpha value is -3.28. The molecule has 0 saturated heterocycles. The van der Waals surface area contributed by atoms with Crippen molar-refractivity contribution in [2.75, 3.05) is 0 Å². The lowest BCUT2D eigenvalue weighted by Gasteiger charge is -2.29. The summed E-state index contributed by atoms with van der Waals surface area (Å²) >= 11 is 0. The van der Waals surface area contributed by atoms with Crippen molar-refractivity contribution in [3.05, 3.63) is 77.0 Å². The minimum Gasteiger partial charge on any atom is -0.489 e. The number of hydrogen-bond acceptors (Lipinski definition) is 4. The van der Waals surface area contributed by atoms with E-state index in [9.17, 15) is 9.59 Å². The summed E-state index contributed by atoms with van der Waals surface area (Å²) in [6.45, 7) is 2.17. The van der Waals surface area contributed by atoms with Crippen molar-refractivity contribution in [3.63, 3.8) is 0 Å². The third-order valence-electron chi connectivity index (χ3n) is 5.50. The van der Waals surface area contributed by atoms with E-state index in [0.29, 0.717) is 23.6 Å². The van der Waals surface area contributed by atoms with Crippen molar-refractivity contribution in [1.82, 2.24) is 10.6 Å². The quantitative estimate of drug-likeness (QED) is 0.698. The fourth-order valence-electron chi connectivity index (χ4n) is 3.96. The van der Waals surface area contributed by atoms with E-state index in [1.807, 2.05) is 54.6 Å². The van der Waals surface area contributed by atoms with Crippen LogP contribution in [0, 0.1) is 0 Å². The van der Waals surface area contributed by atoms with Crippen LogP contribution in [0.15, 0.2) is 65.9 Å². The number of nitrogens with one attached hydrogen (secondary N) is 2. The Kier molecular flexibility index (Phi) is 6.02. The molecule has 30 heavy (non-hydrogen) atoms. The predicted octanol–water partition coefficient (Wildman–Crippen LogP) is 4.38. The Labute approximate surface area is 176 Å². The zero-order valence-corrected chi connectivity index (χ0v) is 17.0. The highest BCUT2D eigenvalue weighted by molar-refractivity contribution is 5.95. The van der Waals surface area contributed by atoms with E-state index >= 15 is 0 Å². The van der Waals surface area contributed by atoms with E-state index in [-0.39, 0.29) is 18.1 Å². The van der Waals surface area contributed by atoms with Crippen molar-refractivity contribution in [2.24, 2.45) is 0 Å². The normalized spacial score (nSPS) is 19.2. The summed E-state index contributed by atoms with van der Waals surface area (Å²) in [6.07, 6.45) is 3.90. The SMILES string of the molecule is CC1=C(C(=O)OC2CCCC2)[C@@H](c2cccc(OCc3ccccc3)c2)NC(=O)N1. The van der Waals surface area contributed by atoms with Crippen molar-refractivity contribution in [2.45, 2.75) is 51.4 Å². The molecule has 1 heterocycles. The topological polar surface area (TPSA) is 76.7 Å². The molecule has 1 fully saturated rings. The molecule has 2 N–H and O–H groups in total. The number of ether oxygens (including phenoxy) is 2. The second kappa shape index (κ2) is 9.03. The van der Waals surface area contributed by atoms with Crippen LogP contribution in [0.1, 0.15) is 49.8 Å². The Morgan fingerprint density at radius 3 is 2.60 bits per heavy atom. The third kappa shape index (κ3) is 4.64. The smallest absolute Gasteiger partial charge is 0.338 e. The van der Waals surface area contributed by atoms with E-state index in [1.54, 1.807) is 6.92 Å². The van der Waals surface area contributed by atoms with Gasteiger partial charge in [-0.05, 0) is 55.9 Å². The van der Waals surface area contributed by atoms with Crippen LogP contribution in [0.25, 0.3) is 0 Å². The molecule has 1 aliphatic heterocycles. The van der Waals surface area contributed by atoms with Gasteiger partial charge in [0, 0.05) is 5.70 Å². The number of urea groups is 1. The van der Waals surface area contributed by atoms with Gasteiger partial charge in [-0.2, -0.15) is 0 Å². The van der Waals surface area contributed by atoms with Gasteiger partial charge in [0.15, 0.2) is 0 Å². The third-order valence-corrected chi connectivity index (χ3v) is 5.50. The van der Waals surface area contributed by atoms with Crippen LogP contribution in [0.4, 0.5) is 4.79 Å². The van der Waals surface area contributed by atoms with Gasteiger partial charge >= 0.3 is 12.0 Å². The molecule has 2 aromatic rings. The molecule has 0 unspecified atom stereocenters. The minimum absolute atomic E-state index is 0.0448. The molecule has 2 aromatic carbocycles. The second-order valence-electron chi connectivity index (χ2n) is 7.73. The number of carbonyl (C=O) groups is 2. The highest BCUT2D eigenvalue weighted by Gasteiger charge is 2.34. The fraction of sp³-hybridized carbons (Fsp3) is 0.333. The molecule has 4 rings (SSSR count). The maximum atomic E-state index is 12.9.